The molecule has 0 atom stereocenters. The van der Waals surface area contributed by atoms with Crippen LogP contribution in [0.1, 0.15) is 66.9 Å². The first-order chi connectivity index (χ1) is 16.4. The zero-order chi connectivity index (χ0) is 26.1. The molecule has 9 heteroatoms. The molecular formula is C26H38N4O5. The van der Waals surface area contributed by atoms with Crippen LogP contribution in [0, 0.1) is 0 Å². The molecule has 0 spiro atoms. The molecule has 2 aromatic rings. The number of benzene rings is 1. The van der Waals surface area contributed by atoms with E-state index in [1.54, 1.807) is 41.5 Å². The molecule has 1 heterocycles. The highest BCUT2D eigenvalue weighted by Gasteiger charge is 2.30. The first-order valence-corrected chi connectivity index (χ1v) is 11.9. The van der Waals surface area contributed by atoms with Crippen molar-refractivity contribution in [2.24, 2.45) is 0 Å². The summed E-state index contributed by atoms with van der Waals surface area (Å²) in [5, 5.41) is 3.25. The molecule has 1 aromatic carbocycles. The normalized spacial score (nSPS) is 11.5. The smallest absolute Gasteiger partial charge is 0.417 e. The Hall–Kier alpha value is -3.36. The van der Waals surface area contributed by atoms with Crippen molar-refractivity contribution < 1.29 is 23.8 Å². The Labute approximate surface area is 208 Å². The van der Waals surface area contributed by atoms with Crippen LogP contribution >= 0.6 is 0 Å². The van der Waals surface area contributed by atoms with Gasteiger partial charge in [-0.05, 0) is 53.5 Å². The van der Waals surface area contributed by atoms with Gasteiger partial charge >= 0.3 is 12.1 Å². The van der Waals surface area contributed by atoms with Gasteiger partial charge in [0.15, 0.2) is 11.6 Å². The summed E-state index contributed by atoms with van der Waals surface area (Å²) in [5.41, 5.74) is -0.486. The molecule has 0 fully saturated rings. The highest BCUT2D eigenvalue weighted by Crippen LogP contribution is 2.26. The number of amides is 1. The second-order valence-electron chi connectivity index (χ2n) is 10.1. The predicted molar refractivity (Wildman–Crippen MR) is 136 cm³/mol. The maximum Gasteiger partial charge on any atom is 0.417 e. The highest BCUT2D eigenvalue weighted by atomic mass is 16.6. The van der Waals surface area contributed by atoms with Crippen LogP contribution in [0.15, 0.2) is 36.5 Å². The molecule has 1 amide bonds. The Morgan fingerprint density at radius 2 is 1.66 bits per heavy atom. The van der Waals surface area contributed by atoms with E-state index in [9.17, 15) is 9.59 Å². The van der Waals surface area contributed by atoms with Crippen molar-refractivity contribution in [3.63, 3.8) is 0 Å². The number of nitrogens with one attached hydrogen (secondary N) is 1. The van der Waals surface area contributed by atoms with Crippen LogP contribution in [0.2, 0.25) is 0 Å². The predicted octanol–water partition coefficient (Wildman–Crippen LogP) is 5.35. The van der Waals surface area contributed by atoms with Gasteiger partial charge < -0.3 is 19.5 Å². The van der Waals surface area contributed by atoms with Crippen molar-refractivity contribution in [1.82, 2.24) is 9.97 Å². The summed E-state index contributed by atoms with van der Waals surface area (Å²) < 4.78 is 16.9. The van der Waals surface area contributed by atoms with Gasteiger partial charge in [-0.3, -0.25) is 4.79 Å². The zero-order valence-corrected chi connectivity index (χ0v) is 21.9. The van der Waals surface area contributed by atoms with Crippen molar-refractivity contribution in [2.75, 3.05) is 23.3 Å². The van der Waals surface area contributed by atoms with Crippen LogP contribution in [0.5, 0.6) is 5.75 Å². The van der Waals surface area contributed by atoms with E-state index in [-0.39, 0.29) is 5.95 Å². The molecule has 0 saturated carbocycles. The average molecular weight is 487 g/mol. The van der Waals surface area contributed by atoms with Crippen LogP contribution in [0.3, 0.4) is 0 Å². The Morgan fingerprint density at radius 1 is 1.00 bits per heavy atom. The second-order valence-corrected chi connectivity index (χ2v) is 10.1. The number of anilines is 2. The fourth-order valence-corrected chi connectivity index (χ4v) is 2.88. The van der Waals surface area contributed by atoms with Crippen molar-refractivity contribution >= 4 is 23.8 Å². The molecule has 0 aliphatic rings. The third kappa shape index (κ3) is 10.2. The number of unbranched alkanes of at least 4 members (excludes halogenated alkanes) is 1. The van der Waals surface area contributed by atoms with Crippen molar-refractivity contribution in [3.05, 3.63) is 42.1 Å². The Kier molecular flexibility index (Phi) is 9.86. The average Bonchev–Trinajstić information content (AvgIpc) is 2.75. The third-order valence-corrected chi connectivity index (χ3v) is 4.36. The fourth-order valence-electron chi connectivity index (χ4n) is 2.88. The van der Waals surface area contributed by atoms with E-state index >= 15 is 0 Å². The first-order valence-electron chi connectivity index (χ1n) is 11.9. The topological polar surface area (TPSA) is 103 Å². The SMILES string of the molecule is CCCCNc1nc(N(CC(=O)OC(C)(C)C)C(=O)OC(C)(C)C)ncc1OCc1ccccc1. The maximum atomic E-state index is 13.0. The molecule has 35 heavy (non-hydrogen) atoms. The minimum Gasteiger partial charge on any atom is -0.483 e. The number of hydrogen-bond acceptors (Lipinski definition) is 8. The van der Waals surface area contributed by atoms with E-state index in [0.717, 1.165) is 23.3 Å². The highest BCUT2D eigenvalue weighted by molar-refractivity contribution is 5.92. The minimum absolute atomic E-state index is 0.0103. The molecule has 1 N–H and O–H groups in total. The number of ether oxygens (including phenoxy) is 3. The number of carbonyl (C=O) groups excluding carboxylic acids is 2. The second kappa shape index (κ2) is 12.4. The first kappa shape index (κ1) is 27.9. The van der Waals surface area contributed by atoms with Crippen LogP contribution in [-0.4, -0.2) is 46.3 Å². The van der Waals surface area contributed by atoms with E-state index < -0.39 is 29.8 Å². The Morgan fingerprint density at radius 3 is 2.26 bits per heavy atom. The standard InChI is InChI=1S/C26H38N4O5/c1-8-9-15-27-22-20(33-18-19-13-11-10-12-14-19)16-28-23(29-22)30(24(32)35-26(5,6)7)17-21(31)34-25(2,3)4/h10-14,16H,8-9,15,17-18H2,1-7H3,(H,27,28,29). The van der Waals surface area contributed by atoms with Gasteiger partial charge in [-0.15, -0.1) is 0 Å². The summed E-state index contributed by atoms with van der Waals surface area (Å²) in [6.45, 7) is 13.2. The molecular weight excluding hydrogens is 448 g/mol. The van der Waals surface area contributed by atoms with Gasteiger partial charge in [0.2, 0.25) is 5.95 Å². The number of rotatable bonds is 10. The van der Waals surface area contributed by atoms with Gasteiger partial charge in [-0.1, -0.05) is 43.7 Å². The number of carbonyl (C=O) groups is 2. The molecule has 0 bridgehead atoms. The van der Waals surface area contributed by atoms with Crippen LogP contribution in [0.25, 0.3) is 0 Å². The number of nitrogens with zero attached hydrogens (tertiary/aromatic N) is 3. The summed E-state index contributed by atoms with van der Waals surface area (Å²) in [6, 6.07) is 9.74. The lowest BCUT2D eigenvalue weighted by Gasteiger charge is -2.27. The summed E-state index contributed by atoms with van der Waals surface area (Å²) in [7, 11) is 0. The molecule has 9 nitrogen and oxygen atoms in total. The lowest BCUT2D eigenvalue weighted by molar-refractivity contribution is -0.153. The van der Waals surface area contributed by atoms with Crippen molar-refractivity contribution in [3.8, 4) is 5.75 Å². The monoisotopic (exact) mass is 486 g/mol. The number of aromatic nitrogens is 2. The Bertz CT molecular complexity index is 968. The van der Waals surface area contributed by atoms with E-state index in [0.29, 0.717) is 24.7 Å². The van der Waals surface area contributed by atoms with Gasteiger partial charge in [-0.25, -0.2) is 14.7 Å². The third-order valence-electron chi connectivity index (χ3n) is 4.36. The van der Waals surface area contributed by atoms with Crippen LogP contribution in [0.4, 0.5) is 16.6 Å². The largest absolute Gasteiger partial charge is 0.483 e. The molecule has 0 unspecified atom stereocenters. The minimum atomic E-state index is -0.774. The number of hydrogen-bond donors (Lipinski definition) is 1. The van der Waals surface area contributed by atoms with Gasteiger partial charge in [0.25, 0.3) is 0 Å². The Balaban J connectivity index is 2.35. The summed E-state index contributed by atoms with van der Waals surface area (Å²) >= 11 is 0. The lowest BCUT2D eigenvalue weighted by atomic mass is 10.2. The quantitative estimate of drug-likeness (QED) is 0.354. The molecule has 0 aliphatic heterocycles. The van der Waals surface area contributed by atoms with Crippen LogP contribution in [-0.2, 0) is 20.9 Å². The van der Waals surface area contributed by atoms with Gasteiger partial charge in [0.1, 0.15) is 24.4 Å². The number of esters is 1. The van der Waals surface area contributed by atoms with Gasteiger partial charge in [-0.2, -0.15) is 4.98 Å². The summed E-state index contributed by atoms with van der Waals surface area (Å²) in [5.74, 6) is 0.278. The van der Waals surface area contributed by atoms with Gasteiger partial charge in [0, 0.05) is 6.54 Å². The van der Waals surface area contributed by atoms with Gasteiger partial charge in [0.05, 0.1) is 6.20 Å². The summed E-state index contributed by atoms with van der Waals surface area (Å²) in [6.07, 6.45) is 2.66. The summed E-state index contributed by atoms with van der Waals surface area (Å²) in [4.78, 5) is 35.5. The fraction of sp³-hybridized carbons (Fsp3) is 0.538. The molecule has 1 aromatic heterocycles. The van der Waals surface area contributed by atoms with Crippen molar-refractivity contribution in [2.45, 2.75) is 79.1 Å². The van der Waals surface area contributed by atoms with E-state index in [1.165, 1.54) is 6.20 Å². The zero-order valence-electron chi connectivity index (χ0n) is 21.9. The molecule has 0 radical (unpaired) electrons. The molecule has 2 rings (SSSR count). The molecule has 0 saturated heterocycles. The van der Waals surface area contributed by atoms with Crippen molar-refractivity contribution in [1.29, 1.82) is 0 Å². The van der Waals surface area contributed by atoms with Crippen LogP contribution < -0.4 is 15.0 Å². The molecule has 0 aliphatic carbocycles. The lowest BCUT2D eigenvalue weighted by Crippen LogP contribution is -2.42. The van der Waals surface area contributed by atoms with E-state index in [1.807, 2.05) is 30.3 Å². The van der Waals surface area contributed by atoms with E-state index in [2.05, 4.69) is 22.2 Å². The van der Waals surface area contributed by atoms with E-state index in [4.69, 9.17) is 14.2 Å². The maximum absolute atomic E-state index is 13.0. The molecule has 192 valence electrons.